The van der Waals surface area contributed by atoms with E-state index < -0.39 is 0 Å². The van der Waals surface area contributed by atoms with E-state index in [1.54, 1.807) is 10.7 Å². The SMILES string of the molecule is O=c1cc(CC2CC2)[nH]n1Cc1ccccc1. The van der Waals surface area contributed by atoms with Crippen LogP contribution in [-0.2, 0) is 13.0 Å². The summed E-state index contributed by atoms with van der Waals surface area (Å²) in [5.74, 6) is 0.804. The van der Waals surface area contributed by atoms with Crippen molar-refractivity contribution in [1.29, 1.82) is 0 Å². The van der Waals surface area contributed by atoms with Crippen molar-refractivity contribution in [3.05, 3.63) is 58.0 Å². The number of hydrogen-bond acceptors (Lipinski definition) is 1. The minimum absolute atomic E-state index is 0.0736. The van der Waals surface area contributed by atoms with Crippen molar-refractivity contribution in [3.63, 3.8) is 0 Å². The minimum atomic E-state index is 0.0736. The topological polar surface area (TPSA) is 37.8 Å². The predicted molar refractivity (Wildman–Crippen MR) is 67.0 cm³/mol. The van der Waals surface area contributed by atoms with Gasteiger partial charge in [0.25, 0.3) is 5.56 Å². The summed E-state index contributed by atoms with van der Waals surface area (Å²) in [6.07, 6.45) is 3.65. The highest BCUT2D eigenvalue weighted by Crippen LogP contribution is 2.31. The summed E-state index contributed by atoms with van der Waals surface area (Å²) < 4.78 is 1.69. The quantitative estimate of drug-likeness (QED) is 0.855. The number of nitrogens with zero attached hydrogens (tertiary/aromatic N) is 1. The highest BCUT2D eigenvalue weighted by molar-refractivity contribution is 5.15. The molecule has 0 aliphatic heterocycles. The van der Waals surface area contributed by atoms with E-state index in [0.29, 0.717) is 6.54 Å². The first-order valence-corrected chi connectivity index (χ1v) is 6.14. The van der Waals surface area contributed by atoms with Crippen molar-refractivity contribution in [2.75, 3.05) is 0 Å². The van der Waals surface area contributed by atoms with Crippen molar-refractivity contribution < 1.29 is 0 Å². The Hall–Kier alpha value is -1.77. The lowest BCUT2D eigenvalue weighted by Gasteiger charge is -2.02. The lowest BCUT2D eigenvalue weighted by molar-refractivity contribution is 0.643. The molecule has 0 bridgehead atoms. The number of rotatable bonds is 4. The monoisotopic (exact) mass is 228 g/mol. The zero-order valence-corrected chi connectivity index (χ0v) is 9.73. The number of H-pyrrole nitrogens is 1. The lowest BCUT2D eigenvalue weighted by atomic mass is 10.2. The second-order valence-electron chi connectivity index (χ2n) is 4.84. The van der Waals surface area contributed by atoms with Gasteiger partial charge in [0.15, 0.2) is 0 Å². The van der Waals surface area contributed by atoms with Crippen LogP contribution in [0.2, 0.25) is 0 Å². The van der Waals surface area contributed by atoms with E-state index in [1.807, 2.05) is 30.3 Å². The Balaban J connectivity index is 1.78. The van der Waals surface area contributed by atoms with E-state index in [-0.39, 0.29) is 5.56 Å². The number of hydrogen-bond donors (Lipinski definition) is 1. The molecule has 1 heterocycles. The Morgan fingerprint density at radius 1 is 1.24 bits per heavy atom. The average Bonchev–Trinajstić information content (AvgIpc) is 3.07. The number of nitrogens with one attached hydrogen (secondary N) is 1. The van der Waals surface area contributed by atoms with Gasteiger partial charge < -0.3 is 0 Å². The van der Waals surface area contributed by atoms with Crippen LogP contribution >= 0.6 is 0 Å². The van der Waals surface area contributed by atoms with Crippen molar-refractivity contribution in [2.45, 2.75) is 25.8 Å². The van der Waals surface area contributed by atoms with Gasteiger partial charge in [0, 0.05) is 11.8 Å². The van der Waals surface area contributed by atoms with Crippen LogP contribution in [0, 0.1) is 5.92 Å². The molecule has 1 aromatic heterocycles. The van der Waals surface area contributed by atoms with Gasteiger partial charge in [0.2, 0.25) is 0 Å². The largest absolute Gasteiger partial charge is 0.299 e. The molecule has 1 fully saturated rings. The maximum atomic E-state index is 11.8. The molecule has 0 saturated heterocycles. The van der Waals surface area contributed by atoms with Gasteiger partial charge in [0.05, 0.1) is 6.54 Å². The van der Waals surface area contributed by atoms with Crippen molar-refractivity contribution >= 4 is 0 Å². The maximum absolute atomic E-state index is 11.8. The minimum Gasteiger partial charge on any atom is -0.299 e. The second kappa shape index (κ2) is 4.24. The standard InChI is InChI=1S/C14H16N2O/c17-14-9-13(8-11-6-7-11)15-16(14)10-12-4-2-1-3-5-12/h1-5,9,11,15H,6-8,10H2. The number of aromatic nitrogens is 2. The molecule has 1 saturated carbocycles. The highest BCUT2D eigenvalue weighted by Gasteiger charge is 2.22. The third-order valence-electron chi connectivity index (χ3n) is 3.23. The van der Waals surface area contributed by atoms with Crippen LogP contribution in [0.15, 0.2) is 41.2 Å². The molecule has 1 aliphatic rings. The molecule has 3 nitrogen and oxygen atoms in total. The average molecular weight is 228 g/mol. The fourth-order valence-electron chi connectivity index (χ4n) is 2.11. The molecule has 0 unspecified atom stereocenters. The zero-order valence-electron chi connectivity index (χ0n) is 9.73. The molecule has 1 N–H and O–H groups in total. The number of benzene rings is 1. The third kappa shape index (κ3) is 2.49. The first kappa shape index (κ1) is 10.4. The summed E-state index contributed by atoms with van der Waals surface area (Å²) in [6.45, 7) is 0.629. The third-order valence-corrected chi connectivity index (χ3v) is 3.23. The van der Waals surface area contributed by atoms with Crippen LogP contribution in [0.25, 0.3) is 0 Å². The van der Waals surface area contributed by atoms with Crippen molar-refractivity contribution in [3.8, 4) is 0 Å². The molecule has 88 valence electrons. The summed E-state index contributed by atoms with van der Waals surface area (Å²) in [6, 6.07) is 11.8. The number of aromatic amines is 1. The molecule has 2 aromatic rings. The fraction of sp³-hybridized carbons (Fsp3) is 0.357. The Labute approximate surface area is 100 Å². The summed E-state index contributed by atoms with van der Waals surface area (Å²) in [5, 5.41) is 3.21. The maximum Gasteiger partial charge on any atom is 0.267 e. The molecule has 0 atom stereocenters. The van der Waals surface area contributed by atoms with Gasteiger partial charge in [-0.2, -0.15) is 0 Å². The van der Waals surface area contributed by atoms with Gasteiger partial charge in [-0.3, -0.25) is 9.89 Å². The van der Waals surface area contributed by atoms with Crippen LogP contribution < -0.4 is 5.56 Å². The van der Waals surface area contributed by atoms with E-state index >= 15 is 0 Å². The highest BCUT2D eigenvalue weighted by atomic mass is 16.1. The molecule has 3 rings (SSSR count). The molecule has 3 heteroatoms. The molecular weight excluding hydrogens is 212 g/mol. The Morgan fingerprint density at radius 2 is 2.00 bits per heavy atom. The van der Waals surface area contributed by atoms with E-state index in [0.717, 1.165) is 23.6 Å². The lowest BCUT2D eigenvalue weighted by Crippen LogP contribution is -2.16. The second-order valence-corrected chi connectivity index (χ2v) is 4.84. The smallest absolute Gasteiger partial charge is 0.267 e. The van der Waals surface area contributed by atoms with Gasteiger partial charge in [-0.25, -0.2) is 4.68 Å². The first-order chi connectivity index (χ1) is 8.31. The molecule has 0 amide bonds. The predicted octanol–water partition coefficient (Wildman–Crippen LogP) is 2.18. The van der Waals surface area contributed by atoms with Crippen LogP contribution in [0.1, 0.15) is 24.1 Å². The summed E-state index contributed by atoms with van der Waals surface area (Å²) in [5.41, 5.74) is 2.30. The molecule has 0 spiro atoms. The summed E-state index contributed by atoms with van der Waals surface area (Å²) in [4.78, 5) is 11.8. The molecule has 1 aromatic carbocycles. The van der Waals surface area contributed by atoms with Crippen LogP contribution in [0.4, 0.5) is 0 Å². The Kier molecular flexibility index (Phi) is 2.59. The van der Waals surface area contributed by atoms with Gasteiger partial charge in [-0.1, -0.05) is 30.3 Å². The molecule has 1 aliphatic carbocycles. The van der Waals surface area contributed by atoms with Crippen molar-refractivity contribution in [2.24, 2.45) is 5.92 Å². The molecule has 0 radical (unpaired) electrons. The van der Waals surface area contributed by atoms with E-state index in [1.165, 1.54) is 12.8 Å². The van der Waals surface area contributed by atoms with Crippen LogP contribution in [-0.4, -0.2) is 9.78 Å². The fourth-order valence-corrected chi connectivity index (χ4v) is 2.11. The van der Waals surface area contributed by atoms with Gasteiger partial charge in [0.1, 0.15) is 0 Å². The van der Waals surface area contributed by atoms with Crippen LogP contribution in [0.3, 0.4) is 0 Å². The normalized spacial score (nSPS) is 15.1. The van der Waals surface area contributed by atoms with E-state index in [9.17, 15) is 4.79 Å². The molecule has 17 heavy (non-hydrogen) atoms. The summed E-state index contributed by atoms with van der Waals surface area (Å²) >= 11 is 0. The first-order valence-electron chi connectivity index (χ1n) is 6.14. The summed E-state index contributed by atoms with van der Waals surface area (Å²) in [7, 11) is 0. The zero-order chi connectivity index (χ0) is 11.7. The Morgan fingerprint density at radius 3 is 2.71 bits per heavy atom. The van der Waals surface area contributed by atoms with Gasteiger partial charge >= 0.3 is 0 Å². The van der Waals surface area contributed by atoms with E-state index in [4.69, 9.17) is 0 Å². The van der Waals surface area contributed by atoms with Gasteiger partial charge in [-0.05, 0) is 30.7 Å². The van der Waals surface area contributed by atoms with E-state index in [2.05, 4.69) is 5.10 Å². The van der Waals surface area contributed by atoms with Crippen LogP contribution in [0.5, 0.6) is 0 Å². The van der Waals surface area contributed by atoms with Crippen molar-refractivity contribution in [1.82, 2.24) is 9.78 Å². The Bertz CT molecular complexity index is 549. The molecular formula is C14H16N2O. The van der Waals surface area contributed by atoms with Gasteiger partial charge in [-0.15, -0.1) is 0 Å².